The number of halogens is 2. The molecule has 1 aromatic carbocycles. The summed E-state index contributed by atoms with van der Waals surface area (Å²) in [5.41, 5.74) is 6.70. The number of hydrogen-bond acceptors (Lipinski definition) is 2. The maximum absolute atomic E-state index is 13.4. The van der Waals surface area contributed by atoms with Gasteiger partial charge in [0.1, 0.15) is 0 Å². The van der Waals surface area contributed by atoms with Crippen LogP contribution in [0.15, 0.2) is 18.2 Å². The molecular weight excluding hydrogens is 250 g/mol. The summed E-state index contributed by atoms with van der Waals surface area (Å²) in [5, 5.41) is 0. The smallest absolute Gasteiger partial charge is 0.223 e. The highest BCUT2D eigenvalue weighted by Gasteiger charge is 2.43. The topological polar surface area (TPSA) is 46.3 Å². The first kappa shape index (κ1) is 12.5. The van der Waals surface area contributed by atoms with Gasteiger partial charge in [-0.3, -0.25) is 4.79 Å². The van der Waals surface area contributed by atoms with Crippen LogP contribution >= 0.6 is 0 Å². The van der Waals surface area contributed by atoms with E-state index in [4.69, 9.17) is 5.73 Å². The van der Waals surface area contributed by atoms with E-state index in [0.717, 1.165) is 25.0 Å². The number of nitrogens with zero attached hydrogens (tertiary/aromatic N) is 1. The molecule has 19 heavy (non-hydrogen) atoms. The van der Waals surface area contributed by atoms with Crippen LogP contribution in [0.5, 0.6) is 0 Å². The molecule has 2 unspecified atom stereocenters. The normalized spacial score (nSPS) is 27.7. The molecule has 3 rings (SSSR count). The first-order valence-corrected chi connectivity index (χ1v) is 6.59. The summed E-state index contributed by atoms with van der Waals surface area (Å²) in [4.78, 5) is 13.8. The fourth-order valence-corrected chi connectivity index (χ4v) is 2.83. The number of amides is 1. The molecule has 1 aliphatic carbocycles. The van der Waals surface area contributed by atoms with Gasteiger partial charge in [-0.1, -0.05) is 6.07 Å². The Morgan fingerprint density at radius 1 is 1.16 bits per heavy atom. The van der Waals surface area contributed by atoms with Crippen molar-refractivity contribution in [3.05, 3.63) is 35.4 Å². The molecule has 2 atom stereocenters. The van der Waals surface area contributed by atoms with Gasteiger partial charge in [0.05, 0.1) is 6.04 Å². The number of rotatable bonds is 2. The van der Waals surface area contributed by atoms with E-state index < -0.39 is 11.6 Å². The molecule has 0 radical (unpaired) electrons. The van der Waals surface area contributed by atoms with Crippen LogP contribution in [-0.2, 0) is 4.79 Å². The summed E-state index contributed by atoms with van der Waals surface area (Å²) in [6.45, 7) is 0. The highest BCUT2D eigenvalue weighted by Crippen LogP contribution is 2.40. The number of hydrogen-bond donors (Lipinski definition) is 1. The van der Waals surface area contributed by atoms with Gasteiger partial charge in [-0.25, -0.2) is 8.78 Å². The van der Waals surface area contributed by atoms with E-state index in [1.54, 1.807) is 4.90 Å². The minimum absolute atomic E-state index is 0.0685. The second-order valence-electron chi connectivity index (χ2n) is 5.35. The Labute approximate surface area is 110 Å². The van der Waals surface area contributed by atoms with Gasteiger partial charge < -0.3 is 10.6 Å². The third-order valence-corrected chi connectivity index (χ3v) is 3.91. The fourth-order valence-electron chi connectivity index (χ4n) is 2.83. The molecule has 2 N–H and O–H groups in total. The van der Waals surface area contributed by atoms with E-state index in [1.807, 2.05) is 0 Å². The zero-order chi connectivity index (χ0) is 13.6. The third-order valence-electron chi connectivity index (χ3n) is 3.91. The molecule has 0 bridgehead atoms. The van der Waals surface area contributed by atoms with Gasteiger partial charge in [0.2, 0.25) is 5.91 Å². The Kier molecular flexibility index (Phi) is 3.01. The lowest BCUT2D eigenvalue weighted by Crippen LogP contribution is -2.49. The van der Waals surface area contributed by atoms with E-state index in [2.05, 4.69) is 0 Å². The standard InChI is InChI=1S/C14H16F2N2O/c15-10-4-1-8(7-11(10)16)14-12(17)5-6-13(19)18(14)9-2-3-9/h1,4,7,9,12,14H,2-3,5-6,17H2. The lowest BCUT2D eigenvalue weighted by atomic mass is 9.90. The summed E-state index contributed by atoms with van der Waals surface area (Å²) in [6, 6.07) is 3.45. The largest absolute Gasteiger partial charge is 0.331 e. The highest BCUT2D eigenvalue weighted by molar-refractivity contribution is 5.78. The minimum Gasteiger partial charge on any atom is -0.331 e. The second kappa shape index (κ2) is 4.56. The van der Waals surface area contributed by atoms with Gasteiger partial charge in [-0.15, -0.1) is 0 Å². The van der Waals surface area contributed by atoms with E-state index in [-0.39, 0.29) is 24.0 Å². The average molecular weight is 266 g/mol. The van der Waals surface area contributed by atoms with Crippen molar-refractivity contribution in [1.82, 2.24) is 4.90 Å². The molecule has 5 heteroatoms. The van der Waals surface area contributed by atoms with Gasteiger partial charge in [0.15, 0.2) is 11.6 Å². The molecule has 2 fully saturated rings. The van der Waals surface area contributed by atoms with Crippen LogP contribution in [-0.4, -0.2) is 22.9 Å². The van der Waals surface area contributed by atoms with Gasteiger partial charge in [-0.2, -0.15) is 0 Å². The first-order chi connectivity index (χ1) is 9.08. The molecule has 0 aromatic heterocycles. The Morgan fingerprint density at radius 2 is 1.89 bits per heavy atom. The summed E-state index contributed by atoms with van der Waals surface area (Å²) in [5.74, 6) is -1.70. The summed E-state index contributed by atoms with van der Waals surface area (Å²) < 4.78 is 26.4. The highest BCUT2D eigenvalue weighted by atomic mass is 19.2. The van der Waals surface area contributed by atoms with Gasteiger partial charge in [-0.05, 0) is 37.0 Å². The van der Waals surface area contributed by atoms with Crippen LogP contribution in [0.1, 0.15) is 37.3 Å². The predicted octanol–water partition coefficient (Wildman–Crippen LogP) is 2.12. The molecule has 102 valence electrons. The molecule has 1 amide bonds. The van der Waals surface area contributed by atoms with E-state index in [0.29, 0.717) is 18.4 Å². The van der Waals surface area contributed by atoms with Crippen molar-refractivity contribution < 1.29 is 13.6 Å². The maximum Gasteiger partial charge on any atom is 0.223 e. The zero-order valence-corrected chi connectivity index (χ0v) is 10.5. The summed E-state index contributed by atoms with van der Waals surface area (Å²) >= 11 is 0. The average Bonchev–Trinajstić information content (AvgIpc) is 3.19. The Balaban J connectivity index is 1.97. The summed E-state index contributed by atoms with van der Waals surface area (Å²) in [6.07, 6.45) is 2.97. The predicted molar refractivity (Wildman–Crippen MR) is 66.2 cm³/mol. The van der Waals surface area contributed by atoms with Gasteiger partial charge in [0.25, 0.3) is 0 Å². The second-order valence-corrected chi connectivity index (χ2v) is 5.35. The van der Waals surface area contributed by atoms with Crippen molar-refractivity contribution >= 4 is 5.91 Å². The molecule has 3 nitrogen and oxygen atoms in total. The molecule has 1 saturated heterocycles. The van der Waals surface area contributed by atoms with Crippen molar-refractivity contribution in [2.75, 3.05) is 0 Å². The molecule has 0 spiro atoms. The van der Waals surface area contributed by atoms with E-state index >= 15 is 0 Å². The Morgan fingerprint density at radius 3 is 2.53 bits per heavy atom. The lowest BCUT2D eigenvalue weighted by Gasteiger charge is -2.40. The molecule has 1 aliphatic heterocycles. The minimum atomic E-state index is -0.890. The molecule has 1 heterocycles. The van der Waals surface area contributed by atoms with Gasteiger partial charge in [0, 0.05) is 18.5 Å². The fraction of sp³-hybridized carbons (Fsp3) is 0.500. The van der Waals surface area contributed by atoms with Crippen molar-refractivity contribution in [2.45, 2.75) is 43.8 Å². The number of benzene rings is 1. The number of likely N-dealkylation sites (tertiary alicyclic amines) is 1. The molecule has 1 aromatic rings. The zero-order valence-electron chi connectivity index (χ0n) is 10.5. The van der Waals surface area contributed by atoms with Crippen molar-refractivity contribution in [3.63, 3.8) is 0 Å². The van der Waals surface area contributed by atoms with Crippen LogP contribution in [0.4, 0.5) is 8.78 Å². The SMILES string of the molecule is NC1CCC(=O)N(C2CC2)C1c1ccc(F)c(F)c1. The monoisotopic (exact) mass is 266 g/mol. The Bertz CT molecular complexity index is 516. The van der Waals surface area contributed by atoms with E-state index in [9.17, 15) is 13.6 Å². The molecular formula is C14H16F2N2O. The van der Waals surface area contributed by atoms with Crippen LogP contribution in [0, 0.1) is 11.6 Å². The van der Waals surface area contributed by atoms with E-state index in [1.165, 1.54) is 6.07 Å². The number of carbonyl (C=O) groups excluding carboxylic acids is 1. The van der Waals surface area contributed by atoms with Gasteiger partial charge >= 0.3 is 0 Å². The Hall–Kier alpha value is -1.49. The van der Waals surface area contributed by atoms with Crippen LogP contribution in [0.3, 0.4) is 0 Å². The van der Waals surface area contributed by atoms with Crippen LogP contribution in [0.25, 0.3) is 0 Å². The molecule has 1 saturated carbocycles. The maximum atomic E-state index is 13.4. The number of nitrogens with two attached hydrogens (primary N) is 1. The molecule has 2 aliphatic rings. The van der Waals surface area contributed by atoms with Crippen molar-refractivity contribution in [1.29, 1.82) is 0 Å². The number of carbonyl (C=O) groups is 1. The van der Waals surface area contributed by atoms with Crippen molar-refractivity contribution in [3.8, 4) is 0 Å². The number of piperidine rings is 1. The van der Waals surface area contributed by atoms with Crippen molar-refractivity contribution in [2.24, 2.45) is 5.73 Å². The quantitative estimate of drug-likeness (QED) is 0.891. The van der Waals surface area contributed by atoms with Crippen LogP contribution in [0.2, 0.25) is 0 Å². The third kappa shape index (κ3) is 2.23. The summed E-state index contributed by atoms with van der Waals surface area (Å²) in [7, 11) is 0. The van der Waals surface area contributed by atoms with Crippen LogP contribution < -0.4 is 5.73 Å². The first-order valence-electron chi connectivity index (χ1n) is 6.59. The lowest BCUT2D eigenvalue weighted by molar-refractivity contribution is -0.138.